The molecule has 1 N–H and O–H groups in total. The van der Waals surface area contributed by atoms with Gasteiger partial charge < -0.3 is 9.64 Å². The monoisotopic (exact) mass is 471 g/mol. The number of sulfonamides is 1. The van der Waals surface area contributed by atoms with Gasteiger partial charge in [-0.3, -0.25) is 9.62 Å². The molecule has 0 saturated carbocycles. The predicted molar refractivity (Wildman–Crippen MR) is 132 cm³/mol. The van der Waals surface area contributed by atoms with Gasteiger partial charge in [0.2, 0.25) is 0 Å². The zero-order chi connectivity index (χ0) is 22.9. The van der Waals surface area contributed by atoms with E-state index in [-0.39, 0.29) is 4.90 Å². The summed E-state index contributed by atoms with van der Waals surface area (Å²) in [5.41, 5.74) is 2.41. The molecule has 0 spiro atoms. The molecular weight excluding hydrogens is 442 g/mol. The molecule has 1 saturated heterocycles. The van der Waals surface area contributed by atoms with Gasteiger partial charge in [-0.15, -0.1) is 11.3 Å². The van der Waals surface area contributed by atoms with Crippen molar-refractivity contribution in [2.45, 2.75) is 30.8 Å². The topological polar surface area (TPSA) is 61.9 Å². The summed E-state index contributed by atoms with van der Waals surface area (Å²) in [5.74, 6) is 0.489. The summed E-state index contributed by atoms with van der Waals surface area (Å²) < 4.78 is 34.4. The van der Waals surface area contributed by atoms with E-state index in [2.05, 4.69) is 35.4 Å². The zero-order valence-corrected chi connectivity index (χ0v) is 20.4. The lowest BCUT2D eigenvalue weighted by Gasteiger charge is -2.43. The number of hydrogen-bond donors (Lipinski definition) is 1. The molecule has 32 heavy (non-hydrogen) atoms. The van der Waals surface area contributed by atoms with Crippen molar-refractivity contribution in [1.29, 1.82) is 0 Å². The first-order valence-corrected chi connectivity index (χ1v) is 13.0. The summed E-state index contributed by atoms with van der Waals surface area (Å²) in [6.45, 7) is 6.17. The number of nitrogens with one attached hydrogen (secondary N) is 1. The second-order valence-corrected chi connectivity index (χ2v) is 10.9. The van der Waals surface area contributed by atoms with E-state index in [1.807, 2.05) is 47.8 Å². The van der Waals surface area contributed by atoms with Gasteiger partial charge in [-0.2, -0.15) is 0 Å². The van der Waals surface area contributed by atoms with E-state index < -0.39 is 10.0 Å². The number of benzene rings is 2. The van der Waals surface area contributed by atoms with Gasteiger partial charge in [0.05, 0.1) is 17.7 Å². The summed E-state index contributed by atoms with van der Waals surface area (Å²) in [4.78, 5) is 5.98. The highest BCUT2D eigenvalue weighted by molar-refractivity contribution is 7.92. The predicted octanol–water partition coefficient (Wildman–Crippen LogP) is 4.75. The lowest BCUT2D eigenvalue weighted by molar-refractivity contribution is 0.170. The van der Waals surface area contributed by atoms with E-state index in [9.17, 15) is 8.42 Å². The van der Waals surface area contributed by atoms with Crippen molar-refractivity contribution in [2.24, 2.45) is 0 Å². The van der Waals surface area contributed by atoms with Gasteiger partial charge in [0.25, 0.3) is 10.0 Å². The van der Waals surface area contributed by atoms with Gasteiger partial charge in [0.1, 0.15) is 5.75 Å². The van der Waals surface area contributed by atoms with Crippen LogP contribution in [0.15, 0.2) is 64.9 Å². The Morgan fingerprint density at radius 3 is 2.31 bits per heavy atom. The van der Waals surface area contributed by atoms with E-state index in [1.54, 1.807) is 30.6 Å². The molecule has 3 aromatic rings. The van der Waals surface area contributed by atoms with Crippen molar-refractivity contribution in [3.63, 3.8) is 0 Å². The summed E-state index contributed by atoms with van der Waals surface area (Å²) in [5, 5.41) is 2.00. The molecule has 2 unspecified atom stereocenters. The molecule has 2 heterocycles. The maximum absolute atomic E-state index is 13.1. The van der Waals surface area contributed by atoms with Crippen LogP contribution in [0.25, 0.3) is 10.4 Å². The molecule has 2 atom stereocenters. The summed E-state index contributed by atoms with van der Waals surface area (Å²) in [6.07, 6.45) is 0. The van der Waals surface area contributed by atoms with Gasteiger partial charge in [-0.25, -0.2) is 8.42 Å². The Bertz CT molecular complexity index is 1150. The average molecular weight is 472 g/mol. The standard InChI is InChI=1S/C24H29N3O3S2/c1-17-15-27(16-18(2)26(17)3)20-9-12-23(30-4)22(14-20)25-32(28,29)21-10-7-19(8-11-21)24-6-5-13-31-24/h5-14,17-18,25H,15-16H2,1-4H3. The van der Waals surface area contributed by atoms with Gasteiger partial charge >= 0.3 is 0 Å². The number of hydrogen-bond acceptors (Lipinski definition) is 6. The van der Waals surface area contributed by atoms with Crippen LogP contribution in [-0.2, 0) is 10.0 Å². The molecule has 4 rings (SSSR count). The van der Waals surface area contributed by atoms with Crippen molar-refractivity contribution in [2.75, 3.05) is 36.9 Å². The van der Waals surface area contributed by atoms with Crippen LogP contribution >= 0.6 is 11.3 Å². The van der Waals surface area contributed by atoms with E-state index in [4.69, 9.17) is 4.74 Å². The van der Waals surface area contributed by atoms with Crippen molar-refractivity contribution in [1.82, 2.24) is 4.90 Å². The van der Waals surface area contributed by atoms with Crippen LogP contribution in [0.3, 0.4) is 0 Å². The second kappa shape index (κ2) is 9.13. The Balaban J connectivity index is 1.59. The molecule has 1 aliphatic heterocycles. The Morgan fingerprint density at radius 2 is 1.72 bits per heavy atom. The van der Waals surface area contributed by atoms with Crippen LogP contribution in [0.1, 0.15) is 13.8 Å². The largest absolute Gasteiger partial charge is 0.495 e. The van der Waals surface area contributed by atoms with Crippen LogP contribution in [0.5, 0.6) is 5.75 Å². The Morgan fingerprint density at radius 1 is 1.03 bits per heavy atom. The molecule has 0 aliphatic carbocycles. The third-order valence-corrected chi connectivity index (χ3v) is 8.42. The molecule has 0 bridgehead atoms. The molecular formula is C24H29N3O3S2. The van der Waals surface area contributed by atoms with Gasteiger partial charge in [-0.05, 0) is 68.2 Å². The minimum atomic E-state index is -3.76. The van der Waals surface area contributed by atoms with E-state index in [0.717, 1.165) is 29.2 Å². The van der Waals surface area contributed by atoms with Crippen molar-refractivity contribution in [3.05, 3.63) is 60.0 Å². The quantitative estimate of drug-likeness (QED) is 0.562. The molecule has 2 aromatic carbocycles. The van der Waals surface area contributed by atoms with Crippen LogP contribution in [0, 0.1) is 0 Å². The molecule has 8 heteroatoms. The Kier molecular flexibility index (Phi) is 6.46. The number of methoxy groups -OCH3 is 1. The number of piperazine rings is 1. The van der Waals surface area contributed by atoms with E-state index in [0.29, 0.717) is 23.5 Å². The van der Waals surface area contributed by atoms with E-state index >= 15 is 0 Å². The fourth-order valence-electron chi connectivity index (χ4n) is 4.03. The fraction of sp³-hybridized carbons (Fsp3) is 0.333. The number of thiophene rings is 1. The van der Waals surface area contributed by atoms with Crippen molar-refractivity contribution < 1.29 is 13.2 Å². The highest BCUT2D eigenvalue weighted by Crippen LogP contribution is 2.33. The molecule has 6 nitrogen and oxygen atoms in total. The van der Waals surface area contributed by atoms with Crippen LogP contribution < -0.4 is 14.4 Å². The first-order valence-electron chi connectivity index (χ1n) is 10.6. The first kappa shape index (κ1) is 22.6. The van der Waals surface area contributed by atoms with Crippen molar-refractivity contribution in [3.8, 4) is 16.2 Å². The molecule has 0 radical (unpaired) electrons. The highest BCUT2D eigenvalue weighted by Gasteiger charge is 2.27. The van der Waals surface area contributed by atoms with Crippen LogP contribution in [-0.4, -0.2) is 52.6 Å². The number of ether oxygens (including phenoxy) is 1. The second-order valence-electron chi connectivity index (χ2n) is 8.26. The van der Waals surface area contributed by atoms with Crippen molar-refractivity contribution >= 4 is 32.7 Å². The number of rotatable bonds is 6. The van der Waals surface area contributed by atoms with Gasteiger partial charge in [0, 0.05) is 35.7 Å². The molecule has 0 amide bonds. The zero-order valence-electron chi connectivity index (χ0n) is 18.8. The van der Waals surface area contributed by atoms with Crippen LogP contribution in [0.4, 0.5) is 11.4 Å². The lowest BCUT2D eigenvalue weighted by atomic mass is 10.1. The van der Waals surface area contributed by atoms with Gasteiger partial charge in [-0.1, -0.05) is 18.2 Å². The minimum absolute atomic E-state index is 0.215. The minimum Gasteiger partial charge on any atom is -0.495 e. The number of likely N-dealkylation sites (N-methyl/N-ethyl adjacent to an activating group) is 1. The van der Waals surface area contributed by atoms with Gasteiger partial charge in [0.15, 0.2) is 0 Å². The maximum atomic E-state index is 13.1. The maximum Gasteiger partial charge on any atom is 0.262 e. The normalized spacial score (nSPS) is 19.7. The summed E-state index contributed by atoms with van der Waals surface area (Å²) >= 11 is 1.62. The third kappa shape index (κ3) is 4.62. The molecule has 1 aliphatic rings. The Hall–Kier alpha value is -2.55. The fourth-order valence-corrected chi connectivity index (χ4v) is 5.83. The molecule has 170 valence electrons. The van der Waals surface area contributed by atoms with Crippen LogP contribution in [0.2, 0.25) is 0 Å². The smallest absolute Gasteiger partial charge is 0.262 e. The highest BCUT2D eigenvalue weighted by atomic mass is 32.2. The number of nitrogens with zero attached hydrogens (tertiary/aromatic N) is 2. The Labute approximate surface area is 194 Å². The first-order chi connectivity index (χ1) is 15.3. The summed E-state index contributed by atoms with van der Waals surface area (Å²) in [6, 6.07) is 17.4. The molecule has 1 fully saturated rings. The average Bonchev–Trinajstić information content (AvgIpc) is 3.32. The number of anilines is 2. The molecule has 1 aromatic heterocycles. The third-order valence-electron chi connectivity index (χ3n) is 6.12. The lowest BCUT2D eigenvalue weighted by Crippen LogP contribution is -2.55. The SMILES string of the molecule is COc1ccc(N2CC(C)N(C)C(C)C2)cc1NS(=O)(=O)c1ccc(-c2cccs2)cc1. The summed E-state index contributed by atoms with van der Waals surface area (Å²) in [7, 11) is -0.0755. The van der Waals surface area contributed by atoms with E-state index in [1.165, 1.54) is 0 Å².